The van der Waals surface area contributed by atoms with Gasteiger partial charge in [0.25, 0.3) is 0 Å². The van der Waals surface area contributed by atoms with Gasteiger partial charge < -0.3 is 15.3 Å². The second-order valence-electron chi connectivity index (χ2n) is 7.60. The van der Waals surface area contributed by atoms with Crippen LogP contribution in [0.5, 0.6) is 0 Å². The predicted molar refractivity (Wildman–Crippen MR) is 97.8 cm³/mol. The highest BCUT2D eigenvalue weighted by atomic mass is 16.3. The van der Waals surface area contributed by atoms with E-state index in [9.17, 15) is 5.11 Å². The van der Waals surface area contributed by atoms with E-state index in [-0.39, 0.29) is 0 Å². The minimum atomic E-state index is 0.352. The van der Waals surface area contributed by atoms with Crippen LogP contribution in [-0.4, -0.2) is 72.9 Å². The average Bonchev–Trinajstić information content (AvgIpc) is 2.59. The summed E-state index contributed by atoms with van der Waals surface area (Å²) in [6.07, 6.45) is 6.23. The number of rotatable bonds is 11. The van der Waals surface area contributed by atoms with Gasteiger partial charge in [0.05, 0.1) is 0 Å². The van der Waals surface area contributed by atoms with Crippen LogP contribution < -0.4 is 5.32 Å². The molecule has 2 N–H and O–H groups in total. The zero-order chi connectivity index (χ0) is 16.7. The van der Waals surface area contributed by atoms with Gasteiger partial charge in [-0.3, -0.25) is 4.90 Å². The lowest BCUT2D eigenvalue weighted by molar-refractivity contribution is -0.0201. The van der Waals surface area contributed by atoms with Crippen LogP contribution in [0.2, 0.25) is 0 Å². The van der Waals surface area contributed by atoms with E-state index in [1.165, 1.54) is 58.4 Å². The van der Waals surface area contributed by atoms with Crippen molar-refractivity contribution in [3.63, 3.8) is 0 Å². The van der Waals surface area contributed by atoms with Gasteiger partial charge in [0.1, 0.15) is 0 Å². The van der Waals surface area contributed by atoms with Crippen molar-refractivity contribution in [2.45, 2.75) is 65.0 Å². The first-order valence-corrected chi connectivity index (χ1v) is 10.00. The molecule has 3 fully saturated rings. The Balaban J connectivity index is 1.71. The van der Waals surface area contributed by atoms with Crippen LogP contribution in [0.25, 0.3) is 0 Å². The molecule has 0 spiro atoms. The van der Waals surface area contributed by atoms with Crippen molar-refractivity contribution in [3.8, 4) is 0 Å². The summed E-state index contributed by atoms with van der Waals surface area (Å²) in [5.74, 6) is 1.56. The molecule has 136 valence electrons. The third-order valence-corrected chi connectivity index (χ3v) is 6.29. The van der Waals surface area contributed by atoms with E-state index in [4.69, 9.17) is 0 Å². The quantitative estimate of drug-likeness (QED) is 0.611. The summed E-state index contributed by atoms with van der Waals surface area (Å²) >= 11 is 0. The number of fused-ring (bicyclic) bond motifs is 3. The molecule has 4 heteroatoms. The largest absolute Gasteiger partial charge is 0.396 e. The Hall–Kier alpha value is -0.160. The van der Waals surface area contributed by atoms with Gasteiger partial charge >= 0.3 is 0 Å². The summed E-state index contributed by atoms with van der Waals surface area (Å²) in [7, 11) is 0. The van der Waals surface area contributed by atoms with Crippen LogP contribution in [0.1, 0.15) is 52.9 Å². The Bertz CT molecular complexity index is 314. The van der Waals surface area contributed by atoms with Gasteiger partial charge in [-0.05, 0) is 83.6 Å². The molecular weight excluding hydrogens is 286 g/mol. The fourth-order valence-corrected chi connectivity index (χ4v) is 4.71. The molecular formula is C19H39N3O. The smallest absolute Gasteiger partial charge is 0.0434 e. The van der Waals surface area contributed by atoms with E-state index >= 15 is 0 Å². The van der Waals surface area contributed by atoms with E-state index in [0.717, 1.165) is 18.9 Å². The summed E-state index contributed by atoms with van der Waals surface area (Å²) < 4.78 is 0. The molecule has 0 aliphatic carbocycles. The van der Waals surface area contributed by atoms with E-state index in [0.29, 0.717) is 24.6 Å². The van der Waals surface area contributed by atoms with Crippen LogP contribution in [0.15, 0.2) is 0 Å². The van der Waals surface area contributed by atoms with Gasteiger partial charge in [-0.1, -0.05) is 13.8 Å². The van der Waals surface area contributed by atoms with E-state index < -0.39 is 0 Å². The van der Waals surface area contributed by atoms with Gasteiger partial charge in [-0.15, -0.1) is 0 Å². The number of aliphatic hydroxyl groups excluding tert-OH is 1. The Labute approximate surface area is 143 Å². The van der Waals surface area contributed by atoms with Crippen LogP contribution in [0.4, 0.5) is 0 Å². The maximum atomic E-state index is 9.41. The number of piperidine rings is 3. The monoisotopic (exact) mass is 325 g/mol. The first-order chi connectivity index (χ1) is 11.2. The Morgan fingerprint density at radius 3 is 2.52 bits per heavy atom. The number of hydrogen-bond acceptors (Lipinski definition) is 4. The maximum Gasteiger partial charge on any atom is 0.0434 e. The van der Waals surface area contributed by atoms with Crippen LogP contribution in [0.3, 0.4) is 0 Å². The van der Waals surface area contributed by atoms with Crippen LogP contribution >= 0.6 is 0 Å². The zero-order valence-corrected chi connectivity index (χ0v) is 15.6. The topological polar surface area (TPSA) is 38.7 Å². The van der Waals surface area contributed by atoms with Crippen LogP contribution in [-0.2, 0) is 0 Å². The lowest BCUT2D eigenvalue weighted by Crippen LogP contribution is -2.58. The summed E-state index contributed by atoms with van der Waals surface area (Å²) in [5, 5.41) is 13.2. The Kier molecular flexibility index (Phi) is 8.31. The molecule has 23 heavy (non-hydrogen) atoms. The second kappa shape index (κ2) is 9.97. The highest BCUT2D eigenvalue weighted by Crippen LogP contribution is 2.38. The average molecular weight is 326 g/mol. The van der Waals surface area contributed by atoms with Crippen LogP contribution in [0, 0.1) is 11.8 Å². The molecule has 0 aromatic carbocycles. The molecule has 3 rings (SSSR count). The molecule has 0 aromatic heterocycles. The van der Waals surface area contributed by atoms with Crippen molar-refractivity contribution in [2.24, 2.45) is 11.8 Å². The third kappa shape index (κ3) is 5.42. The second-order valence-corrected chi connectivity index (χ2v) is 7.60. The van der Waals surface area contributed by atoms with Crippen molar-refractivity contribution in [2.75, 3.05) is 45.9 Å². The molecule has 4 nitrogen and oxygen atoms in total. The minimum Gasteiger partial charge on any atom is -0.396 e. The van der Waals surface area contributed by atoms with Crippen molar-refractivity contribution in [1.29, 1.82) is 0 Å². The summed E-state index contributed by atoms with van der Waals surface area (Å²) in [5.41, 5.74) is 0. The first-order valence-electron chi connectivity index (χ1n) is 10.00. The SMILES string of the molecule is CCN(CC)CCCC(C)NCC1C(CCO)C2CCN1CC2. The van der Waals surface area contributed by atoms with Crippen molar-refractivity contribution < 1.29 is 5.11 Å². The normalized spacial score (nSPS) is 31.7. The first kappa shape index (κ1) is 19.2. The lowest BCUT2D eigenvalue weighted by Gasteiger charge is -2.51. The molecule has 3 aliphatic rings. The summed E-state index contributed by atoms with van der Waals surface area (Å²) in [6, 6.07) is 1.25. The highest BCUT2D eigenvalue weighted by molar-refractivity contribution is 4.95. The number of nitrogens with zero attached hydrogens (tertiary/aromatic N) is 2. The lowest BCUT2D eigenvalue weighted by atomic mass is 9.72. The third-order valence-electron chi connectivity index (χ3n) is 6.29. The minimum absolute atomic E-state index is 0.352. The maximum absolute atomic E-state index is 9.41. The predicted octanol–water partition coefficient (Wildman–Crippen LogP) is 2.18. The molecule has 0 saturated carbocycles. The van der Waals surface area contributed by atoms with Gasteiger partial charge in [0.15, 0.2) is 0 Å². The highest BCUT2D eigenvalue weighted by Gasteiger charge is 2.41. The fourth-order valence-electron chi connectivity index (χ4n) is 4.71. The van der Waals surface area contributed by atoms with Crippen molar-refractivity contribution in [1.82, 2.24) is 15.1 Å². The van der Waals surface area contributed by atoms with Gasteiger partial charge in [-0.25, -0.2) is 0 Å². The molecule has 3 saturated heterocycles. The van der Waals surface area contributed by atoms with E-state index in [1.807, 2.05) is 0 Å². The fraction of sp³-hybridized carbons (Fsp3) is 1.00. The summed E-state index contributed by atoms with van der Waals surface area (Å²) in [4.78, 5) is 5.19. The Morgan fingerprint density at radius 1 is 1.22 bits per heavy atom. The molecule has 3 unspecified atom stereocenters. The molecule has 2 bridgehead atoms. The molecule has 0 amide bonds. The molecule has 0 aromatic rings. The van der Waals surface area contributed by atoms with Gasteiger partial charge in [-0.2, -0.15) is 0 Å². The van der Waals surface area contributed by atoms with Gasteiger partial charge in [0.2, 0.25) is 0 Å². The number of hydrogen-bond donors (Lipinski definition) is 2. The standard InChI is InChI=1S/C19H39N3O/c1-4-21(5-2)11-6-7-16(3)20-15-19-18(10-14-23)17-8-12-22(19)13-9-17/h16-20,23H,4-15H2,1-3H3. The van der Waals surface area contributed by atoms with Crippen molar-refractivity contribution >= 4 is 0 Å². The van der Waals surface area contributed by atoms with Crippen molar-refractivity contribution in [3.05, 3.63) is 0 Å². The Morgan fingerprint density at radius 2 is 1.91 bits per heavy atom. The summed E-state index contributed by atoms with van der Waals surface area (Å²) in [6.45, 7) is 14.4. The molecule has 3 heterocycles. The van der Waals surface area contributed by atoms with E-state index in [1.54, 1.807) is 0 Å². The van der Waals surface area contributed by atoms with Gasteiger partial charge in [0, 0.05) is 25.2 Å². The number of nitrogens with one attached hydrogen (secondary N) is 1. The molecule has 0 radical (unpaired) electrons. The zero-order valence-electron chi connectivity index (χ0n) is 15.6. The molecule has 3 aliphatic heterocycles. The number of aliphatic hydroxyl groups is 1. The van der Waals surface area contributed by atoms with E-state index in [2.05, 4.69) is 35.9 Å². The molecule has 3 atom stereocenters.